The number of ether oxygens (including phenoxy) is 1. The van der Waals surface area contributed by atoms with E-state index in [1.807, 2.05) is 32.2 Å². The highest BCUT2D eigenvalue weighted by molar-refractivity contribution is 5.99. The van der Waals surface area contributed by atoms with Gasteiger partial charge in [-0.1, -0.05) is 6.07 Å². The average Bonchev–Trinajstić information content (AvgIpc) is 2.45. The number of nitrogens with one attached hydrogen (secondary N) is 2. The fourth-order valence-corrected chi connectivity index (χ4v) is 2.33. The Morgan fingerprint density at radius 2 is 2.26 bits per heavy atom. The van der Waals surface area contributed by atoms with E-state index in [1.165, 1.54) is 6.42 Å². The summed E-state index contributed by atoms with van der Waals surface area (Å²) in [4.78, 5) is 12.2. The number of amides is 1. The second kappa shape index (κ2) is 6.57. The van der Waals surface area contributed by atoms with Gasteiger partial charge in [0.15, 0.2) is 0 Å². The molecule has 1 aromatic carbocycles. The fraction of sp³-hybridized carbons (Fsp3) is 0.533. The van der Waals surface area contributed by atoms with Crippen molar-refractivity contribution in [1.29, 1.82) is 0 Å². The molecule has 1 fully saturated rings. The molecule has 4 heteroatoms. The molecule has 1 amide bonds. The average molecular weight is 262 g/mol. The molecule has 1 aliphatic heterocycles. The van der Waals surface area contributed by atoms with Crippen LogP contribution >= 0.6 is 0 Å². The first-order chi connectivity index (χ1) is 9.20. The van der Waals surface area contributed by atoms with Crippen molar-refractivity contribution >= 4 is 11.6 Å². The minimum atomic E-state index is -0.0430. The third-order valence-electron chi connectivity index (χ3n) is 3.45. The Morgan fingerprint density at radius 3 is 2.95 bits per heavy atom. The number of hydrogen-bond acceptors (Lipinski definition) is 3. The number of aryl methyl sites for hydroxylation is 1. The van der Waals surface area contributed by atoms with Crippen LogP contribution in [0.2, 0.25) is 0 Å². The Hall–Kier alpha value is -1.55. The van der Waals surface area contributed by atoms with Gasteiger partial charge in [-0.2, -0.15) is 0 Å². The molecule has 1 aromatic rings. The van der Waals surface area contributed by atoms with Crippen LogP contribution in [0.1, 0.15) is 35.2 Å². The van der Waals surface area contributed by atoms with Crippen LogP contribution in [-0.2, 0) is 4.74 Å². The van der Waals surface area contributed by atoms with Gasteiger partial charge in [0.1, 0.15) is 0 Å². The second-order valence-corrected chi connectivity index (χ2v) is 5.00. The molecule has 104 valence electrons. The Bertz CT molecular complexity index is 440. The molecule has 0 saturated carbocycles. The highest BCUT2D eigenvalue weighted by atomic mass is 16.5. The third-order valence-corrected chi connectivity index (χ3v) is 3.45. The monoisotopic (exact) mass is 262 g/mol. The molecule has 0 aliphatic carbocycles. The van der Waals surface area contributed by atoms with E-state index in [4.69, 9.17) is 4.74 Å². The number of benzene rings is 1. The van der Waals surface area contributed by atoms with Crippen molar-refractivity contribution in [3.8, 4) is 0 Å². The lowest BCUT2D eigenvalue weighted by Crippen LogP contribution is -2.35. The standard InChI is InChI=1S/C15H22N2O2/c1-11-6-7-13(14(9-11)16-2)15(18)17-10-12-5-3-4-8-19-12/h6-7,9,12,16H,3-5,8,10H2,1-2H3,(H,17,18). The first-order valence-corrected chi connectivity index (χ1v) is 6.89. The third kappa shape index (κ3) is 3.70. The summed E-state index contributed by atoms with van der Waals surface area (Å²) in [5.41, 5.74) is 2.68. The molecule has 0 bridgehead atoms. The molecule has 2 N–H and O–H groups in total. The smallest absolute Gasteiger partial charge is 0.253 e. The Labute approximate surface area is 114 Å². The maximum Gasteiger partial charge on any atom is 0.253 e. The van der Waals surface area contributed by atoms with Crippen molar-refractivity contribution in [2.45, 2.75) is 32.3 Å². The van der Waals surface area contributed by atoms with Gasteiger partial charge in [-0.3, -0.25) is 4.79 Å². The summed E-state index contributed by atoms with van der Waals surface area (Å²) in [5.74, 6) is -0.0430. The number of hydrogen-bond donors (Lipinski definition) is 2. The van der Waals surface area contributed by atoms with Crippen LogP contribution in [-0.4, -0.2) is 32.2 Å². The molecule has 1 aliphatic rings. The van der Waals surface area contributed by atoms with Gasteiger partial charge < -0.3 is 15.4 Å². The number of carbonyl (C=O) groups excluding carboxylic acids is 1. The largest absolute Gasteiger partial charge is 0.387 e. The summed E-state index contributed by atoms with van der Waals surface area (Å²) < 4.78 is 5.61. The minimum Gasteiger partial charge on any atom is -0.387 e. The summed E-state index contributed by atoms with van der Waals surface area (Å²) in [7, 11) is 1.83. The molecule has 2 rings (SSSR count). The van der Waals surface area contributed by atoms with Crippen LogP contribution in [0.5, 0.6) is 0 Å². The molecule has 1 unspecified atom stereocenters. The summed E-state index contributed by atoms with van der Waals surface area (Å²) in [6.07, 6.45) is 3.52. The van der Waals surface area contributed by atoms with Crippen molar-refractivity contribution in [3.63, 3.8) is 0 Å². The maximum atomic E-state index is 12.2. The number of rotatable bonds is 4. The highest BCUT2D eigenvalue weighted by Crippen LogP contribution is 2.17. The fourth-order valence-electron chi connectivity index (χ4n) is 2.33. The predicted octanol–water partition coefficient (Wildman–Crippen LogP) is 2.34. The molecule has 0 aromatic heterocycles. The van der Waals surface area contributed by atoms with Crippen LogP contribution in [0.3, 0.4) is 0 Å². The molecule has 1 heterocycles. The van der Waals surface area contributed by atoms with E-state index in [1.54, 1.807) is 0 Å². The first-order valence-electron chi connectivity index (χ1n) is 6.89. The van der Waals surface area contributed by atoms with Gasteiger partial charge in [-0.05, 0) is 43.9 Å². The lowest BCUT2D eigenvalue weighted by Gasteiger charge is -2.23. The summed E-state index contributed by atoms with van der Waals surface area (Å²) >= 11 is 0. The van der Waals surface area contributed by atoms with Crippen molar-refractivity contribution in [1.82, 2.24) is 5.32 Å². The molecule has 4 nitrogen and oxygen atoms in total. The van der Waals surface area contributed by atoms with E-state index < -0.39 is 0 Å². The zero-order valence-corrected chi connectivity index (χ0v) is 11.7. The van der Waals surface area contributed by atoms with Crippen LogP contribution in [0, 0.1) is 6.92 Å². The van der Waals surface area contributed by atoms with Gasteiger partial charge in [-0.15, -0.1) is 0 Å². The summed E-state index contributed by atoms with van der Waals surface area (Å²) in [6, 6.07) is 5.79. The van der Waals surface area contributed by atoms with Crippen molar-refractivity contribution in [3.05, 3.63) is 29.3 Å². The molecule has 1 saturated heterocycles. The highest BCUT2D eigenvalue weighted by Gasteiger charge is 2.16. The lowest BCUT2D eigenvalue weighted by molar-refractivity contribution is 0.0169. The Morgan fingerprint density at radius 1 is 1.42 bits per heavy atom. The van der Waals surface area contributed by atoms with Crippen LogP contribution < -0.4 is 10.6 Å². The van der Waals surface area contributed by atoms with E-state index in [9.17, 15) is 4.79 Å². The van der Waals surface area contributed by atoms with Crippen LogP contribution in [0.4, 0.5) is 5.69 Å². The quantitative estimate of drug-likeness (QED) is 0.875. The van der Waals surface area contributed by atoms with E-state index in [2.05, 4.69) is 10.6 Å². The van der Waals surface area contributed by atoms with Gasteiger partial charge in [0, 0.05) is 25.9 Å². The van der Waals surface area contributed by atoms with Gasteiger partial charge in [0.25, 0.3) is 5.91 Å². The van der Waals surface area contributed by atoms with Crippen molar-refractivity contribution in [2.75, 3.05) is 25.5 Å². The normalized spacial score (nSPS) is 18.9. The summed E-state index contributed by atoms with van der Waals surface area (Å²) in [6.45, 7) is 3.42. The summed E-state index contributed by atoms with van der Waals surface area (Å²) in [5, 5.41) is 6.02. The molecule has 19 heavy (non-hydrogen) atoms. The zero-order valence-electron chi connectivity index (χ0n) is 11.7. The molecular formula is C15H22N2O2. The molecular weight excluding hydrogens is 240 g/mol. The first kappa shape index (κ1) is 13.9. The van der Waals surface area contributed by atoms with E-state index in [-0.39, 0.29) is 12.0 Å². The van der Waals surface area contributed by atoms with Crippen molar-refractivity contribution in [2.24, 2.45) is 0 Å². The van der Waals surface area contributed by atoms with E-state index in [0.717, 1.165) is 30.7 Å². The van der Waals surface area contributed by atoms with E-state index >= 15 is 0 Å². The topological polar surface area (TPSA) is 50.4 Å². The maximum absolute atomic E-state index is 12.2. The van der Waals surface area contributed by atoms with Crippen LogP contribution in [0.25, 0.3) is 0 Å². The predicted molar refractivity (Wildman–Crippen MR) is 76.6 cm³/mol. The van der Waals surface area contributed by atoms with Gasteiger partial charge >= 0.3 is 0 Å². The van der Waals surface area contributed by atoms with Crippen LogP contribution in [0.15, 0.2) is 18.2 Å². The Kier molecular flexibility index (Phi) is 4.80. The van der Waals surface area contributed by atoms with Crippen molar-refractivity contribution < 1.29 is 9.53 Å². The molecule has 1 atom stereocenters. The van der Waals surface area contributed by atoms with Gasteiger partial charge in [-0.25, -0.2) is 0 Å². The SMILES string of the molecule is CNc1cc(C)ccc1C(=O)NCC1CCCCO1. The lowest BCUT2D eigenvalue weighted by atomic mass is 10.1. The Balaban J connectivity index is 1.95. The molecule has 0 radical (unpaired) electrons. The van der Waals surface area contributed by atoms with E-state index in [0.29, 0.717) is 12.1 Å². The molecule has 0 spiro atoms. The minimum absolute atomic E-state index is 0.0430. The number of carbonyl (C=O) groups is 1. The zero-order chi connectivity index (χ0) is 13.7. The number of anilines is 1. The van der Waals surface area contributed by atoms with Gasteiger partial charge in [0.05, 0.1) is 11.7 Å². The second-order valence-electron chi connectivity index (χ2n) is 5.00. The van der Waals surface area contributed by atoms with Gasteiger partial charge in [0.2, 0.25) is 0 Å².